The van der Waals surface area contributed by atoms with E-state index in [1.54, 1.807) is 0 Å². The second kappa shape index (κ2) is 3.08. The summed E-state index contributed by atoms with van der Waals surface area (Å²) in [5.41, 5.74) is -1.43. The summed E-state index contributed by atoms with van der Waals surface area (Å²) < 4.78 is 35.6. The van der Waals surface area contributed by atoms with Crippen molar-refractivity contribution in [1.29, 1.82) is 0 Å². The minimum Gasteiger partial charge on any atom is -0.481 e. The number of carboxylic acid groups (broad SMARTS) is 1. The van der Waals surface area contributed by atoms with Gasteiger partial charge in [0.1, 0.15) is 0 Å². The van der Waals surface area contributed by atoms with Gasteiger partial charge in [0.2, 0.25) is 0 Å². The lowest BCUT2D eigenvalue weighted by Gasteiger charge is -1.97. The average molecular weight is 193 g/mol. The highest BCUT2D eigenvalue weighted by molar-refractivity contribution is 5.69. The van der Waals surface area contributed by atoms with Gasteiger partial charge in [-0.15, -0.1) is 0 Å². The molecule has 1 radical (unpaired) electrons. The number of rotatable bonds is 2. The lowest BCUT2D eigenvalue weighted by molar-refractivity contribution is -0.141. The Morgan fingerprint density at radius 1 is 1.62 bits per heavy atom. The third kappa shape index (κ3) is 2.46. The number of nitrogens with zero attached hydrogens (tertiary/aromatic N) is 1. The molecule has 0 unspecified atom stereocenters. The molecule has 1 rings (SSSR count). The molecule has 0 saturated heterocycles. The third-order valence-corrected chi connectivity index (χ3v) is 1.17. The minimum absolute atomic E-state index is 0.195. The van der Waals surface area contributed by atoms with E-state index in [0.717, 1.165) is 0 Å². The summed E-state index contributed by atoms with van der Waals surface area (Å²) in [6.07, 6.45) is -5.14. The van der Waals surface area contributed by atoms with Crippen LogP contribution >= 0.6 is 0 Å². The smallest absolute Gasteiger partial charge is 0.435 e. The lowest BCUT2D eigenvalue weighted by Crippen LogP contribution is -2.05. The molecule has 1 aromatic heterocycles. The van der Waals surface area contributed by atoms with Gasteiger partial charge in [0.25, 0.3) is 0 Å². The van der Waals surface area contributed by atoms with Crippen LogP contribution in [0.4, 0.5) is 13.2 Å². The molecule has 71 valence electrons. The van der Waals surface area contributed by atoms with Gasteiger partial charge in [-0.3, -0.25) is 9.89 Å². The van der Waals surface area contributed by atoms with Gasteiger partial charge in [-0.05, 0) is 0 Å². The first-order valence-corrected chi connectivity index (χ1v) is 3.15. The van der Waals surface area contributed by atoms with Crippen LogP contribution in [-0.2, 0) is 17.4 Å². The average Bonchev–Trinajstić information content (AvgIpc) is 2.32. The summed E-state index contributed by atoms with van der Waals surface area (Å²) in [5.74, 6) is -1.24. The Labute approximate surface area is 70.4 Å². The molecule has 4 nitrogen and oxygen atoms in total. The van der Waals surface area contributed by atoms with Gasteiger partial charge in [0.15, 0.2) is 5.69 Å². The number of carboxylic acids is 1. The van der Waals surface area contributed by atoms with Crippen molar-refractivity contribution in [2.45, 2.75) is 12.6 Å². The first-order chi connectivity index (χ1) is 5.89. The fourth-order valence-corrected chi connectivity index (χ4v) is 0.691. The van der Waals surface area contributed by atoms with Gasteiger partial charge in [-0.1, -0.05) is 0 Å². The molecule has 2 N–H and O–H groups in total. The van der Waals surface area contributed by atoms with Crippen molar-refractivity contribution in [3.05, 3.63) is 17.5 Å². The predicted molar refractivity (Wildman–Crippen MR) is 33.8 cm³/mol. The van der Waals surface area contributed by atoms with E-state index in [-0.39, 0.29) is 5.69 Å². The number of aliphatic carboxylic acids is 1. The van der Waals surface area contributed by atoms with Crippen LogP contribution in [0.3, 0.4) is 0 Å². The number of hydrogen-bond acceptors (Lipinski definition) is 2. The van der Waals surface area contributed by atoms with Crippen LogP contribution in [0.15, 0.2) is 0 Å². The highest BCUT2D eigenvalue weighted by Crippen LogP contribution is 2.27. The summed E-state index contributed by atoms with van der Waals surface area (Å²) >= 11 is 0. The minimum atomic E-state index is -4.59. The Morgan fingerprint density at radius 3 is 2.62 bits per heavy atom. The lowest BCUT2D eigenvalue weighted by atomic mass is 10.3. The van der Waals surface area contributed by atoms with Crippen LogP contribution in [0.2, 0.25) is 0 Å². The molecular weight excluding hydrogens is 189 g/mol. The van der Waals surface area contributed by atoms with E-state index in [9.17, 15) is 18.0 Å². The maximum absolute atomic E-state index is 11.9. The number of carbonyl (C=O) groups is 1. The fraction of sp³-hybridized carbons (Fsp3) is 0.333. The van der Waals surface area contributed by atoms with Gasteiger partial charge in [-0.25, -0.2) is 0 Å². The summed E-state index contributed by atoms with van der Waals surface area (Å²) in [6.45, 7) is 0. The van der Waals surface area contributed by atoms with Crippen LogP contribution in [-0.4, -0.2) is 21.3 Å². The number of aromatic amines is 1. The largest absolute Gasteiger partial charge is 0.481 e. The quantitative estimate of drug-likeness (QED) is 0.731. The molecule has 13 heavy (non-hydrogen) atoms. The Kier molecular flexibility index (Phi) is 2.26. The van der Waals surface area contributed by atoms with Crippen molar-refractivity contribution in [3.8, 4) is 0 Å². The fourth-order valence-electron chi connectivity index (χ4n) is 0.691. The topological polar surface area (TPSA) is 66.0 Å². The van der Waals surface area contributed by atoms with Crippen molar-refractivity contribution < 1.29 is 23.1 Å². The van der Waals surface area contributed by atoms with E-state index >= 15 is 0 Å². The van der Waals surface area contributed by atoms with E-state index in [1.807, 2.05) is 11.2 Å². The molecule has 0 fully saturated rings. The Hall–Kier alpha value is -1.53. The van der Waals surface area contributed by atoms with E-state index < -0.39 is 24.3 Å². The summed E-state index contributed by atoms with van der Waals surface area (Å²) in [7, 11) is 0. The molecule has 0 aromatic carbocycles. The highest BCUT2D eigenvalue weighted by Gasteiger charge is 2.34. The van der Waals surface area contributed by atoms with Crippen molar-refractivity contribution in [3.63, 3.8) is 0 Å². The molecule has 0 bridgehead atoms. The van der Waals surface area contributed by atoms with Crippen LogP contribution in [0.25, 0.3) is 0 Å². The van der Waals surface area contributed by atoms with Crippen LogP contribution in [0.1, 0.15) is 11.4 Å². The number of nitrogens with one attached hydrogen (secondary N) is 1. The molecule has 0 aliphatic heterocycles. The zero-order valence-corrected chi connectivity index (χ0v) is 6.14. The van der Waals surface area contributed by atoms with Gasteiger partial charge in [-0.2, -0.15) is 18.3 Å². The Bertz CT molecular complexity index is 318. The van der Waals surface area contributed by atoms with Gasteiger partial charge >= 0.3 is 12.1 Å². The molecular formula is C6H4F3N2O2. The number of alkyl halides is 3. The highest BCUT2D eigenvalue weighted by atomic mass is 19.4. The second-order valence-electron chi connectivity index (χ2n) is 2.24. The maximum Gasteiger partial charge on any atom is 0.435 e. The predicted octanol–water partition coefficient (Wildman–Crippen LogP) is 0.856. The third-order valence-electron chi connectivity index (χ3n) is 1.17. The molecule has 0 aliphatic carbocycles. The zero-order chi connectivity index (χ0) is 10.1. The molecule has 7 heteroatoms. The van der Waals surface area contributed by atoms with Crippen molar-refractivity contribution in [1.82, 2.24) is 10.2 Å². The first kappa shape index (κ1) is 9.56. The molecule has 0 saturated carbocycles. The van der Waals surface area contributed by atoms with Gasteiger partial charge < -0.3 is 5.11 Å². The number of hydrogen-bond donors (Lipinski definition) is 2. The van der Waals surface area contributed by atoms with Crippen LogP contribution < -0.4 is 0 Å². The Morgan fingerprint density at radius 2 is 2.23 bits per heavy atom. The van der Waals surface area contributed by atoms with Crippen LogP contribution in [0, 0.1) is 6.07 Å². The Balaban J connectivity index is 2.81. The maximum atomic E-state index is 11.9. The first-order valence-electron chi connectivity index (χ1n) is 3.15. The standard InChI is InChI=1S/C6H4F3N2O2/c7-6(8,9)4-1-3(10-11-4)2-5(12)13/h2H2,(H,10,11)(H,12,13). The monoisotopic (exact) mass is 193 g/mol. The normalized spacial score (nSPS) is 11.6. The van der Waals surface area contributed by atoms with E-state index in [0.29, 0.717) is 0 Å². The second-order valence-corrected chi connectivity index (χ2v) is 2.24. The molecule has 1 heterocycles. The number of H-pyrrole nitrogens is 1. The van der Waals surface area contributed by atoms with Crippen molar-refractivity contribution in [2.75, 3.05) is 0 Å². The molecule has 0 atom stereocenters. The summed E-state index contributed by atoms with van der Waals surface area (Å²) in [4.78, 5) is 10.1. The number of halogens is 3. The van der Waals surface area contributed by atoms with Crippen LogP contribution in [0.5, 0.6) is 0 Å². The molecule has 1 aromatic rings. The molecule has 0 aliphatic rings. The number of aromatic nitrogens is 2. The molecule has 0 spiro atoms. The van der Waals surface area contributed by atoms with Gasteiger partial charge in [0.05, 0.1) is 12.1 Å². The summed E-state index contributed by atoms with van der Waals surface area (Å²) in [6, 6.07) is 1.81. The van der Waals surface area contributed by atoms with Crippen molar-refractivity contribution in [2.24, 2.45) is 0 Å². The van der Waals surface area contributed by atoms with E-state index in [4.69, 9.17) is 5.11 Å². The summed E-state index contributed by atoms with van der Waals surface area (Å²) in [5, 5.41) is 13.0. The van der Waals surface area contributed by atoms with Gasteiger partial charge in [0, 0.05) is 6.07 Å². The zero-order valence-electron chi connectivity index (χ0n) is 6.14. The SMILES string of the molecule is O=C(O)Cc1[c]c(C(F)(F)F)n[nH]1. The molecule has 0 amide bonds. The van der Waals surface area contributed by atoms with Crippen molar-refractivity contribution >= 4 is 5.97 Å². The van der Waals surface area contributed by atoms with E-state index in [2.05, 4.69) is 5.10 Å². The van der Waals surface area contributed by atoms with E-state index in [1.165, 1.54) is 0 Å².